The average molecular weight is 266 g/mol. The lowest BCUT2D eigenvalue weighted by atomic mass is 10.1. The summed E-state index contributed by atoms with van der Waals surface area (Å²) in [5.74, 6) is 0.493. The van der Waals surface area contributed by atoms with Crippen molar-refractivity contribution in [3.05, 3.63) is 40.0 Å². The Morgan fingerprint density at radius 2 is 2.00 bits per heavy atom. The van der Waals surface area contributed by atoms with E-state index in [4.69, 9.17) is 11.6 Å². The normalized spacial score (nSPS) is 11.1. The summed E-state index contributed by atoms with van der Waals surface area (Å²) < 4.78 is 1.30. The van der Waals surface area contributed by atoms with Crippen molar-refractivity contribution in [2.45, 2.75) is 5.88 Å². The molecule has 0 bridgehead atoms. The fraction of sp³-hybridized carbons (Fsp3) is 0.0833. The van der Waals surface area contributed by atoms with Crippen LogP contribution < -0.4 is 0 Å². The van der Waals surface area contributed by atoms with Gasteiger partial charge in [0, 0.05) is 26.4 Å². The Labute approximate surface area is 106 Å². The van der Waals surface area contributed by atoms with Crippen molar-refractivity contribution in [2.75, 3.05) is 0 Å². The number of aromatic nitrogens is 1. The Hall–Kier alpha value is -0.900. The quantitative estimate of drug-likeness (QED) is 0.609. The molecule has 80 valence electrons. The van der Waals surface area contributed by atoms with E-state index >= 15 is 0 Å². The molecule has 0 aliphatic carbocycles. The molecule has 0 spiro atoms. The molecule has 1 nitrogen and oxygen atoms in total. The molecule has 2 aromatic heterocycles. The number of halogens is 1. The predicted molar refractivity (Wildman–Crippen MR) is 72.5 cm³/mol. The van der Waals surface area contributed by atoms with Crippen LogP contribution in [-0.2, 0) is 5.88 Å². The molecule has 1 aromatic carbocycles. The molecule has 0 saturated carbocycles. The molecule has 16 heavy (non-hydrogen) atoms. The van der Waals surface area contributed by atoms with Gasteiger partial charge in [0.15, 0.2) is 0 Å². The van der Waals surface area contributed by atoms with E-state index in [1.165, 1.54) is 15.6 Å². The van der Waals surface area contributed by atoms with Gasteiger partial charge in [0.25, 0.3) is 0 Å². The lowest BCUT2D eigenvalue weighted by Crippen LogP contribution is -1.77. The van der Waals surface area contributed by atoms with Crippen LogP contribution in [0.25, 0.3) is 21.3 Å². The number of hydrogen-bond acceptors (Lipinski definition) is 3. The number of thiophene rings is 1. The highest BCUT2D eigenvalue weighted by Crippen LogP contribution is 2.34. The van der Waals surface area contributed by atoms with Crippen LogP contribution in [0.2, 0.25) is 0 Å². The minimum Gasteiger partial charge on any atom is -0.240 e. The molecule has 4 heteroatoms. The van der Waals surface area contributed by atoms with Crippen LogP contribution in [-0.4, -0.2) is 4.98 Å². The number of rotatable bonds is 2. The SMILES string of the molecule is ClCc1nc(-c2csc3ccccc23)cs1. The van der Waals surface area contributed by atoms with Crippen molar-refractivity contribution in [3.8, 4) is 11.3 Å². The standard InChI is InChI=1S/C12H8ClNS2/c13-5-12-14-10(7-16-12)9-6-15-11-4-2-1-3-8(9)11/h1-4,6-7H,5H2. The van der Waals surface area contributed by atoms with E-state index in [0.717, 1.165) is 10.7 Å². The lowest BCUT2D eigenvalue weighted by molar-refractivity contribution is 1.27. The molecule has 0 atom stereocenters. The predicted octanol–water partition coefficient (Wildman–Crippen LogP) is 4.76. The van der Waals surface area contributed by atoms with E-state index in [2.05, 4.69) is 40.0 Å². The van der Waals surface area contributed by atoms with Gasteiger partial charge in [0.2, 0.25) is 0 Å². The summed E-state index contributed by atoms with van der Waals surface area (Å²) in [7, 11) is 0. The Balaban J connectivity index is 2.18. The summed E-state index contributed by atoms with van der Waals surface area (Å²) in [5, 5.41) is 6.50. The Morgan fingerprint density at radius 1 is 1.12 bits per heavy atom. The molecule has 2 heterocycles. The Bertz CT molecular complexity index is 627. The molecule has 0 amide bonds. The molecular formula is C12H8ClNS2. The van der Waals surface area contributed by atoms with Crippen molar-refractivity contribution in [2.24, 2.45) is 0 Å². The van der Waals surface area contributed by atoms with Crippen LogP contribution in [0.4, 0.5) is 0 Å². The second-order valence-electron chi connectivity index (χ2n) is 3.41. The number of alkyl halides is 1. The maximum Gasteiger partial charge on any atom is 0.108 e. The molecule has 0 fully saturated rings. The first-order chi connectivity index (χ1) is 7.88. The number of nitrogens with zero attached hydrogens (tertiary/aromatic N) is 1. The van der Waals surface area contributed by atoms with Crippen LogP contribution >= 0.6 is 34.3 Å². The molecule has 3 rings (SSSR count). The molecule has 0 aliphatic heterocycles. The van der Waals surface area contributed by atoms with E-state index in [-0.39, 0.29) is 0 Å². The molecule has 0 radical (unpaired) electrons. The van der Waals surface area contributed by atoms with Gasteiger partial charge in [0.05, 0.1) is 11.6 Å². The highest BCUT2D eigenvalue weighted by molar-refractivity contribution is 7.17. The minimum absolute atomic E-state index is 0.493. The third-order valence-electron chi connectivity index (χ3n) is 2.42. The van der Waals surface area contributed by atoms with Crippen LogP contribution in [0.1, 0.15) is 5.01 Å². The van der Waals surface area contributed by atoms with Gasteiger partial charge in [-0.25, -0.2) is 4.98 Å². The van der Waals surface area contributed by atoms with Gasteiger partial charge in [-0.05, 0) is 6.07 Å². The van der Waals surface area contributed by atoms with E-state index in [9.17, 15) is 0 Å². The van der Waals surface area contributed by atoms with Crippen LogP contribution in [0.3, 0.4) is 0 Å². The number of fused-ring (bicyclic) bond motifs is 1. The van der Waals surface area contributed by atoms with Gasteiger partial charge in [-0.3, -0.25) is 0 Å². The largest absolute Gasteiger partial charge is 0.240 e. The first kappa shape index (κ1) is 10.3. The van der Waals surface area contributed by atoms with Crippen molar-refractivity contribution in [3.63, 3.8) is 0 Å². The average Bonchev–Trinajstić information content (AvgIpc) is 2.94. The molecular weight excluding hydrogens is 258 g/mol. The molecule has 0 aliphatic rings. The summed E-state index contributed by atoms with van der Waals surface area (Å²) in [6.45, 7) is 0. The second kappa shape index (κ2) is 4.17. The van der Waals surface area contributed by atoms with E-state index in [1.807, 2.05) is 0 Å². The molecule has 0 N–H and O–H groups in total. The first-order valence-electron chi connectivity index (χ1n) is 4.85. The summed E-state index contributed by atoms with van der Waals surface area (Å²) in [6, 6.07) is 8.40. The van der Waals surface area contributed by atoms with Gasteiger partial charge in [-0.2, -0.15) is 0 Å². The van der Waals surface area contributed by atoms with Gasteiger partial charge >= 0.3 is 0 Å². The zero-order valence-corrected chi connectivity index (χ0v) is 10.7. The van der Waals surface area contributed by atoms with E-state index < -0.39 is 0 Å². The van der Waals surface area contributed by atoms with Gasteiger partial charge in [-0.1, -0.05) is 18.2 Å². The Morgan fingerprint density at radius 3 is 2.81 bits per heavy atom. The summed E-state index contributed by atoms with van der Waals surface area (Å²) in [4.78, 5) is 4.51. The van der Waals surface area contributed by atoms with Gasteiger partial charge < -0.3 is 0 Å². The lowest BCUT2D eigenvalue weighted by Gasteiger charge is -1.93. The number of hydrogen-bond donors (Lipinski definition) is 0. The maximum absolute atomic E-state index is 5.77. The van der Waals surface area contributed by atoms with Crippen LogP contribution in [0.15, 0.2) is 35.0 Å². The van der Waals surface area contributed by atoms with Crippen molar-refractivity contribution in [1.82, 2.24) is 4.98 Å². The summed E-state index contributed by atoms with van der Waals surface area (Å²) in [6.07, 6.45) is 0. The highest BCUT2D eigenvalue weighted by Gasteiger charge is 2.09. The fourth-order valence-electron chi connectivity index (χ4n) is 1.67. The zero-order chi connectivity index (χ0) is 11.0. The summed E-state index contributed by atoms with van der Waals surface area (Å²) >= 11 is 9.15. The van der Waals surface area contributed by atoms with E-state index in [0.29, 0.717) is 5.88 Å². The van der Waals surface area contributed by atoms with E-state index in [1.54, 1.807) is 22.7 Å². The minimum atomic E-state index is 0.493. The monoisotopic (exact) mass is 265 g/mol. The molecule has 0 unspecified atom stereocenters. The third kappa shape index (κ3) is 1.65. The van der Waals surface area contributed by atoms with Crippen molar-refractivity contribution < 1.29 is 0 Å². The number of benzene rings is 1. The summed E-state index contributed by atoms with van der Waals surface area (Å²) in [5.41, 5.74) is 2.26. The highest BCUT2D eigenvalue weighted by atomic mass is 35.5. The topological polar surface area (TPSA) is 12.9 Å². The first-order valence-corrected chi connectivity index (χ1v) is 7.15. The van der Waals surface area contributed by atoms with Crippen molar-refractivity contribution >= 4 is 44.4 Å². The molecule has 3 aromatic rings. The second-order valence-corrected chi connectivity index (χ2v) is 5.53. The number of thiazole rings is 1. The maximum atomic E-state index is 5.77. The third-order valence-corrected chi connectivity index (χ3v) is 4.65. The van der Waals surface area contributed by atoms with Crippen LogP contribution in [0.5, 0.6) is 0 Å². The van der Waals surface area contributed by atoms with Gasteiger partial charge in [-0.15, -0.1) is 34.3 Å². The smallest absolute Gasteiger partial charge is 0.108 e. The molecule has 0 saturated heterocycles. The Kier molecular flexibility index (Phi) is 2.67. The van der Waals surface area contributed by atoms with Crippen molar-refractivity contribution in [1.29, 1.82) is 0 Å². The fourth-order valence-corrected chi connectivity index (χ4v) is 3.52. The zero-order valence-electron chi connectivity index (χ0n) is 8.31. The van der Waals surface area contributed by atoms with Gasteiger partial charge in [0.1, 0.15) is 5.01 Å². The van der Waals surface area contributed by atoms with Crippen LogP contribution in [0, 0.1) is 0 Å².